The number of aromatic nitrogens is 1. The van der Waals surface area contributed by atoms with Crippen LogP contribution in [0, 0.1) is 5.92 Å². The van der Waals surface area contributed by atoms with Crippen molar-refractivity contribution in [3.05, 3.63) is 23.9 Å². The van der Waals surface area contributed by atoms with Crippen LogP contribution in [-0.2, 0) is 6.54 Å². The van der Waals surface area contributed by atoms with Crippen molar-refractivity contribution in [3.8, 4) is 0 Å². The van der Waals surface area contributed by atoms with E-state index < -0.39 is 0 Å². The number of hydrogen-bond acceptors (Lipinski definition) is 3. The number of nitrogens with zero attached hydrogens (tertiary/aromatic N) is 2. The topological polar surface area (TPSA) is 28.2 Å². The van der Waals surface area contributed by atoms with Gasteiger partial charge in [-0.3, -0.25) is 0 Å². The maximum Gasteiger partial charge on any atom is 0.126 e. The SMILES string of the molecule is CCNc1cc(CN(C)CC2CCC2)ccn1. The summed E-state index contributed by atoms with van der Waals surface area (Å²) in [4.78, 5) is 6.72. The van der Waals surface area contributed by atoms with Gasteiger partial charge in [0.25, 0.3) is 0 Å². The van der Waals surface area contributed by atoms with E-state index in [1.54, 1.807) is 0 Å². The van der Waals surface area contributed by atoms with Crippen molar-refractivity contribution in [2.75, 3.05) is 25.5 Å². The van der Waals surface area contributed by atoms with Crippen LogP contribution in [0.2, 0.25) is 0 Å². The van der Waals surface area contributed by atoms with Crippen molar-refractivity contribution < 1.29 is 0 Å². The third-order valence-corrected chi connectivity index (χ3v) is 3.43. The van der Waals surface area contributed by atoms with Crippen LogP contribution in [0.3, 0.4) is 0 Å². The predicted octanol–water partition coefficient (Wildman–Crippen LogP) is 2.75. The minimum Gasteiger partial charge on any atom is -0.370 e. The van der Waals surface area contributed by atoms with E-state index in [1.165, 1.54) is 31.4 Å². The Labute approximate surface area is 104 Å². The van der Waals surface area contributed by atoms with Crippen LogP contribution < -0.4 is 5.32 Å². The number of rotatable bonds is 6. The molecule has 94 valence electrons. The molecule has 0 aromatic carbocycles. The smallest absolute Gasteiger partial charge is 0.126 e. The minimum atomic E-state index is 0.925. The molecule has 1 heterocycles. The van der Waals surface area contributed by atoms with Crippen LogP contribution in [0.1, 0.15) is 31.7 Å². The molecular weight excluding hydrogens is 210 g/mol. The third-order valence-electron chi connectivity index (χ3n) is 3.43. The lowest BCUT2D eigenvalue weighted by Crippen LogP contribution is -2.29. The van der Waals surface area contributed by atoms with Gasteiger partial charge in [0, 0.05) is 25.8 Å². The largest absolute Gasteiger partial charge is 0.370 e. The molecule has 0 bridgehead atoms. The fourth-order valence-corrected chi connectivity index (χ4v) is 2.34. The van der Waals surface area contributed by atoms with Gasteiger partial charge in [0.1, 0.15) is 5.82 Å². The maximum atomic E-state index is 4.30. The molecule has 1 aromatic rings. The van der Waals surface area contributed by atoms with Gasteiger partial charge in [-0.1, -0.05) is 6.42 Å². The highest BCUT2D eigenvalue weighted by Crippen LogP contribution is 2.27. The zero-order valence-corrected chi connectivity index (χ0v) is 10.9. The van der Waals surface area contributed by atoms with E-state index in [9.17, 15) is 0 Å². The summed E-state index contributed by atoms with van der Waals surface area (Å²) in [7, 11) is 2.21. The molecular formula is C14H23N3. The zero-order valence-electron chi connectivity index (χ0n) is 10.9. The van der Waals surface area contributed by atoms with Gasteiger partial charge in [-0.2, -0.15) is 0 Å². The van der Waals surface area contributed by atoms with Gasteiger partial charge in [0.15, 0.2) is 0 Å². The summed E-state index contributed by atoms with van der Waals surface area (Å²) >= 11 is 0. The van der Waals surface area contributed by atoms with Gasteiger partial charge in [0.2, 0.25) is 0 Å². The molecule has 0 spiro atoms. The van der Waals surface area contributed by atoms with Crippen molar-refractivity contribution in [1.29, 1.82) is 0 Å². The van der Waals surface area contributed by atoms with E-state index in [0.717, 1.165) is 24.8 Å². The lowest BCUT2D eigenvalue weighted by molar-refractivity contribution is 0.200. The molecule has 0 atom stereocenters. The standard InChI is InChI=1S/C14H23N3/c1-3-15-14-9-13(7-8-16-14)11-17(2)10-12-5-4-6-12/h7-9,12H,3-6,10-11H2,1-2H3,(H,15,16). The molecule has 0 unspecified atom stereocenters. The van der Waals surface area contributed by atoms with Crippen LogP contribution in [0.5, 0.6) is 0 Å². The first-order chi connectivity index (χ1) is 8.28. The van der Waals surface area contributed by atoms with E-state index in [1.807, 2.05) is 6.20 Å². The van der Waals surface area contributed by atoms with Gasteiger partial charge in [-0.25, -0.2) is 4.98 Å². The first-order valence-corrected chi connectivity index (χ1v) is 6.65. The Hall–Kier alpha value is -1.09. The molecule has 17 heavy (non-hydrogen) atoms. The molecule has 1 aliphatic carbocycles. The highest BCUT2D eigenvalue weighted by molar-refractivity contribution is 5.37. The Morgan fingerprint density at radius 1 is 1.47 bits per heavy atom. The van der Waals surface area contributed by atoms with Crippen molar-refractivity contribution in [2.24, 2.45) is 5.92 Å². The van der Waals surface area contributed by atoms with Crippen LogP contribution in [0.25, 0.3) is 0 Å². The third kappa shape index (κ3) is 3.70. The molecule has 1 saturated carbocycles. The van der Waals surface area contributed by atoms with Crippen molar-refractivity contribution in [1.82, 2.24) is 9.88 Å². The summed E-state index contributed by atoms with van der Waals surface area (Å²) in [5, 5.41) is 3.25. The Morgan fingerprint density at radius 3 is 2.94 bits per heavy atom. The van der Waals surface area contributed by atoms with E-state index in [2.05, 4.69) is 41.3 Å². The summed E-state index contributed by atoms with van der Waals surface area (Å²) in [6.45, 7) is 5.28. The number of anilines is 1. The molecule has 0 radical (unpaired) electrons. The number of nitrogens with one attached hydrogen (secondary N) is 1. The Balaban J connectivity index is 1.85. The fraction of sp³-hybridized carbons (Fsp3) is 0.643. The quantitative estimate of drug-likeness (QED) is 0.819. The molecule has 3 heteroatoms. The van der Waals surface area contributed by atoms with Gasteiger partial charge in [0.05, 0.1) is 0 Å². The maximum absolute atomic E-state index is 4.30. The highest BCUT2D eigenvalue weighted by Gasteiger charge is 2.18. The van der Waals surface area contributed by atoms with Crippen molar-refractivity contribution in [3.63, 3.8) is 0 Å². The zero-order chi connectivity index (χ0) is 12.1. The molecule has 0 aliphatic heterocycles. The second kappa shape index (κ2) is 6.01. The summed E-state index contributed by atoms with van der Waals surface area (Å²) in [6.07, 6.45) is 6.16. The lowest BCUT2D eigenvalue weighted by Gasteiger charge is -2.30. The number of pyridine rings is 1. The summed E-state index contributed by atoms with van der Waals surface area (Å²) in [5.41, 5.74) is 1.35. The van der Waals surface area contributed by atoms with Gasteiger partial charge in [-0.05, 0) is 50.4 Å². The predicted molar refractivity (Wildman–Crippen MR) is 72.1 cm³/mol. The average Bonchev–Trinajstić information content (AvgIpc) is 2.25. The molecule has 0 amide bonds. The number of hydrogen-bond donors (Lipinski definition) is 1. The highest BCUT2D eigenvalue weighted by atomic mass is 15.1. The van der Waals surface area contributed by atoms with Gasteiger partial charge < -0.3 is 10.2 Å². The summed E-state index contributed by atoms with van der Waals surface area (Å²) < 4.78 is 0. The Bertz CT molecular complexity index is 347. The Morgan fingerprint density at radius 2 is 2.29 bits per heavy atom. The van der Waals surface area contributed by atoms with Crippen molar-refractivity contribution in [2.45, 2.75) is 32.7 Å². The van der Waals surface area contributed by atoms with Crippen LogP contribution in [0.4, 0.5) is 5.82 Å². The van der Waals surface area contributed by atoms with Gasteiger partial charge >= 0.3 is 0 Å². The van der Waals surface area contributed by atoms with Crippen LogP contribution in [-0.4, -0.2) is 30.0 Å². The molecule has 1 fully saturated rings. The molecule has 1 aromatic heterocycles. The van der Waals surface area contributed by atoms with E-state index in [-0.39, 0.29) is 0 Å². The van der Waals surface area contributed by atoms with E-state index >= 15 is 0 Å². The summed E-state index contributed by atoms with van der Waals surface area (Å²) in [6, 6.07) is 4.26. The van der Waals surface area contributed by atoms with Crippen LogP contribution >= 0.6 is 0 Å². The molecule has 1 N–H and O–H groups in total. The van der Waals surface area contributed by atoms with E-state index in [0.29, 0.717) is 0 Å². The van der Waals surface area contributed by atoms with Crippen molar-refractivity contribution >= 4 is 5.82 Å². The van der Waals surface area contributed by atoms with Crippen LogP contribution in [0.15, 0.2) is 18.3 Å². The average molecular weight is 233 g/mol. The normalized spacial score (nSPS) is 15.9. The summed E-state index contributed by atoms with van der Waals surface area (Å²) in [5.74, 6) is 1.93. The Kier molecular flexibility index (Phi) is 4.37. The molecule has 3 nitrogen and oxygen atoms in total. The first-order valence-electron chi connectivity index (χ1n) is 6.65. The second-order valence-electron chi connectivity index (χ2n) is 5.07. The monoisotopic (exact) mass is 233 g/mol. The van der Waals surface area contributed by atoms with Gasteiger partial charge in [-0.15, -0.1) is 0 Å². The lowest BCUT2D eigenvalue weighted by atomic mass is 9.85. The first kappa shape index (κ1) is 12.4. The molecule has 2 rings (SSSR count). The molecule has 1 aliphatic rings. The molecule has 0 saturated heterocycles. The minimum absolute atomic E-state index is 0.925. The fourth-order valence-electron chi connectivity index (χ4n) is 2.34. The second-order valence-corrected chi connectivity index (χ2v) is 5.07. The van der Waals surface area contributed by atoms with E-state index in [4.69, 9.17) is 0 Å².